The molecule has 1 aromatic rings. The Kier molecular flexibility index (Phi) is 6.28. The Morgan fingerprint density at radius 3 is 2.77 bits per heavy atom. The van der Waals surface area contributed by atoms with E-state index >= 15 is 0 Å². The number of sulfonamides is 1. The Morgan fingerprint density at radius 2 is 2.09 bits per heavy atom. The monoisotopic (exact) mass is 343 g/mol. The van der Waals surface area contributed by atoms with Gasteiger partial charge in [0.25, 0.3) is 0 Å². The average Bonchev–Trinajstić information content (AvgIpc) is 3.04. The predicted molar refractivity (Wildman–Crippen MR) is 87.7 cm³/mol. The summed E-state index contributed by atoms with van der Waals surface area (Å²) in [5.41, 5.74) is 0.228. The van der Waals surface area contributed by atoms with E-state index in [9.17, 15) is 13.2 Å². The Morgan fingerprint density at radius 1 is 1.36 bits per heavy atom. The van der Waals surface area contributed by atoms with E-state index in [4.69, 9.17) is 0 Å². The first kappa shape index (κ1) is 17.3. The summed E-state index contributed by atoms with van der Waals surface area (Å²) in [6.45, 7) is 0.395. The third-order valence-electron chi connectivity index (χ3n) is 3.62. The summed E-state index contributed by atoms with van der Waals surface area (Å²) in [5, 5.41) is 0.673. The van der Waals surface area contributed by atoms with Gasteiger partial charge in [0.15, 0.2) is 0 Å². The van der Waals surface area contributed by atoms with E-state index in [0.717, 1.165) is 5.75 Å². The molecule has 122 valence electrons. The van der Waals surface area contributed by atoms with Crippen molar-refractivity contribution in [2.45, 2.75) is 35.8 Å². The molecule has 0 radical (unpaired) electrons. The van der Waals surface area contributed by atoms with E-state index in [2.05, 4.69) is 9.46 Å². The molecular formula is C15H21NO4S2. The molecule has 1 aliphatic carbocycles. The van der Waals surface area contributed by atoms with Gasteiger partial charge in [0.1, 0.15) is 0 Å². The zero-order valence-corrected chi connectivity index (χ0v) is 14.2. The van der Waals surface area contributed by atoms with Gasteiger partial charge in [-0.15, -0.1) is 0 Å². The van der Waals surface area contributed by atoms with E-state index in [1.54, 1.807) is 0 Å². The van der Waals surface area contributed by atoms with Gasteiger partial charge in [0.2, 0.25) is 10.0 Å². The van der Waals surface area contributed by atoms with Gasteiger partial charge in [-0.05, 0) is 31.0 Å². The van der Waals surface area contributed by atoms with Crippen LogP contribution in [0, 0.1) is 0 Å². The fourth-order valence-corrected chi connectivity index (χ4v) is 4.87. The van der Waals surface area contributed by atoms with Gasteiger partial charge in [-0.3, -0.25) is 0 Å². The lowest BCUT2D eigenvalue weighted by Crippen LogP contribution is -2.26. The van der Waals surface area contributed by atoms with Crippen LogP contribution in [0.4, 0.5) is 0 Å². The minimum absolute atomic E-state index is 0.0845. The summed E-state index contributed by atoms with van der Waals surface area (Å²) in [5.74, 6) is 0.217. The van der Waals surface area contributed by atoms with Gasteiger partial charge in [-0.25, -0.2) is 17.9 Å². The second-order valence-corrected chi connectivity index (χ2v) is 8.37. The third-order valence-corrected chi connectivity index (χ3v) is 6.46. The van der Waals surface area contributed by atoms with Crippen LogP contribution < -0.4 is 4.72 Å². The number of thioether (sulfide) groups is 1. The largest absolute Gasteiger partial charge is 0.465 e. The first-order valence-electron chi connectivity index (χ1n) is 7.32. The number of nitrogens with one attached hydrogen (secondary N) is 1. The summed E-state index contributed by atoms with van der Waals surface area (Å²) in [6, 6.07) is 5.87. The van der Waals surface area contributed by atoms with Crippen molar-refractivity contribution >= 4 is 27.8 Å². The van der Waals surface area contributed by atoms with Crippen LogP contribution >= 0.6 is 11.8 Å². The van der Waals surface area contributed by atoms with Gasteiger partial charge in [0.05, 0.1) is 17.6 Å². The quantitative estimate of drug-likeness (QED) is 0.608. The number of hydrogen-bond donors (Lipinski definition) is 1. The molecular weight excluding hydrogens is 322 g/mol. The van der Waals surface area contributed by atoms with Crippen molar-refractivity contribution in [3.8, 4) is 0 Å². The van der Waals surface area contributed by atoms with Crippen molar-refractivity contribution in [2.75, 3.05) is 19.4 Å². The number of esters is 1. The van der Waals surface area contributed by atoms with Crippen LogP contribution in [0.25, 0.3) is 0 Å². The van der Waals surface area contributed by atoms with Gasteiger partial charge in [-0.1, -0.05) is 18.9 Å². The lowest BCUT2D eigenvalue weighted by molar-refractivity contribution is 0.0600. The van der Waals surface area contributed by atoms with Gasteiger partial charge in [0, 0.05) is 17.5 Å². The van der Waals surface area contributed by atoms with E-state index in [0.29, 0.717) is 11.8 Å². The van der Waals surface area contributed by atoms with Crippen molar-refractivity contribution in [2.24, 2.45) is 0 Å². The highest BCUT2D eigenvalue weighted by atomic mass is 32.2. The molecule has 0 amide bonds. The van der Waals surface area contributed by atoms with E-state index in [-0.39, 0.29) is 10.5 Å². The normalized spacial score (nSPS) is 15.9. The molecule has 2 rings (SSSR count). The van der Waals surface area contributed by atoms with Gasteiger partial charge in [-0.2, -0.15) is 11.8 Å². The minimum atomic E-state index is -3.59. The Hall–Kier alpha value is -1.05. The molecule has 0 atom stereocenters. The SMILES string of the molecule is COC(=O)c1cccc(S(=O)(=O)NCCSC2CCCC2)c1. The van der Waals surface area contributed by atoms with Gasteiger partial charge >= 0.3 is 5.97 Å². The number of ether oxygens (including phenoxy) is 1. The molecule has 7 heteroatoms. The number of benzene rings is 1. The summed E-state index contributed by atoms with van der Waals surface area (Å²) in [4.78, 5) is 11.5. The Balaban J connectivity index is 1.90. The summed E-state index contributed by atoms with van der Waals surface area (Å²) in [6.07, 6.45) is 5.03. The molecule has 1 fully saturated rings. The van der Waals surface area contributed by atoms with Crippen LogP contribution in [0.3, 0.4) is 0 Å². The van der Waals surface area contributed by atoms with Gasteiger partial charge < -0.3 is 4.74 Å². The van der Waals surface area contributed by atoms with Crippen LogP contribution in [-0.4, -0.2) is 39.0 Å². The van der Waals surface area contributed by atoms with Crippen molar-refractivity contribution in [3.05, 3.63) is 29.8 Å². The molecule has 0 spiro atoms. The summed E-state index contributed by atoms with van der Waals surface area (Å²) >= 11 is 1.83. The highest BCUT2D eigenvalue weighted by Crippen LogP contribution is 2.28. The molecule has 1 N–H and O–H groups in total. The fraction of sp³-hybridized carbons (Fsp3) is 0.533. The second-order valence-electron chi connectivity index (χ2n) is 5.19. The topological polar surface area (TPSA) is 72.5 Å². The summed E-state index contributed by atoms with van der Waals surface area (Å²) < 4.78 is 31.6. The molecule has 0 aromatic heterocycles. The standard InChI is InChI=1S/C15H21NO4S2/c1-20-15(17)12-5-4-8-14(11-12)22(18,19)16-9-10-21-13-6-2-3-7-13/h4-5,8,11,13,16H,2-3,6-7,9-10H2,1H3. The lowest BCUT2D eigenvalue weighted by atomic mass is 10.2. The number of hydrogen-bond acceptors (Lipinski definition) is 5. The van der Waals surface area contributed by atoms with Crippen molar-refractivity contribution in [3.63, 3.8) is 0 Å². The van der Waals surface area contributed by atoms with E-state index < -0.39 is 16.0 Å². The maximum absolute atomic E-state index is 12.2. The molecule has 0 unspecified atom stereocenters. The van der Waals surface area contributed by atoms with Crippen LogP contribution in [0.5, 0.6) is 0 Å². The zero-order valence-electron chi connectivity index (χ0n) is 12.6. The van der Waals surface area contributed by atoms with Crippen LogP contribution in [0.15, 0.2) is 29.2 Å². The van der Waals surface area contributed by atoms with Crippen LogP contribution in [0.2, 0.25) is 0 Å². The number of rotatable bonds is 7. The molecule has 5 nitrogen and oxygen atoms in total. The maximum atomic E-state index is 12.2. The molecule has 1 aliphatic rings. The molecule has 1 saturated carbocycles. The second kappa shape index (κ2) is 7.99. The lowest BCUT2D eigenvalue weighted by Gasteiger charge is -2.10. The highest BCUT2D eigenvalue weighted by molar-refractivity contribution is 8.00. The fourth-order valence-electron chi connectivity index (χ4n) is 2.45. The highest BCUT2D eigenvalue weighted by Gasteiger charge is 2.18. The van der Waals surface area contributed by atoms with Crippen LogP contribution in [0.1, 0.15) is 36.0 Å². The molecule has 0 saturated heterocycles. The minimum Gasteiger partial charge on any atom is -0.465 e. The third kappa shape index (κ3) is 4.72. The Labute approximate surface area is 135 Å². The number of carbonyl (C=O) groups excluding carboxylic acids is 1. The van der Waals surface area contributed by atoms with Crippen molar-refractivity contribution < 1.29 is 17.9 Å². The molecule has 1 aromatic carbocycles. The van der Waals surface area contributed by atoms with Crippen molar-refractivity contribution in [1.82, 2.24) is 4.72 Å². The smallest absolute Gasteiger partial charge is 0.337 e. The summed E-state index contributed by atoms with van der Waals surface area (Å²) in [7, 11) is -2.33. The first-order chi connectivity index (χ1) is 10.5. The first-order valence-corrected chi connectivity index (χ1v) is 9.86. The zero-order chi connectivity index (χ0) is 16.0. The van der Waals surface area contributed by atoms with E-state index in [1.807, 2.05) is 11.8 Å². The molecule has 22 heavy (non-hydrogen) atoms. The van der Waals surface area contributed by atoms with Crippen LogP contribution in [-0.2, 0) is 14.8 Å². The average molecular weight is 343 g/mol. The predicted octanol–water partition coefficient (Wildman–Crippen LogP) is 2.43. The number of methoxy groups -OCH3 is 1. The molecule has 0 aliphatic heterocycles. The molecule has 0 bridgehead atoms. The molecule has 0 heterocycles. The Bertz CT molecular complexity index is 610. The number of carbonyl (C=O) groups is 1. The maximum Gasteiger partial charge on any atom is 0.337 e. The van der Waals surface area contributed by atoms with E-state index in [1.165, 1.54) is 57.1 Å². The van der Waals surface area contributed by atoms with Crippen molar-refractivity contribution in [1.29, 1.82) is 0 Å².